The van der Waals surface area contributed by atoms with E-state index in [0.29, 0.717) is 5.02 Å². The number of hydrogen-bond donors (Lipinski definition) is 1. The molecule has 1 rings (SSSR count). The Morgan fingerprint density at radius 3 is 2.85 bits per heavy atom. The Morgan fingerprint density at radius 1 is 1.54 bits per heavy atom. The summed E-state index contributed by atoms with van der Waals surface area (Å²) in [5.74, 6) is -0.962. The standard InChI is InChI=1S/C9H6ClIO2/c10-7-2-3-8(11)6(5-7)1-4-9(12)13/h1-5H,(H,12,13)/b4-1+. The van der Waals surface area contributed by atoms with Gasteiger partial charge in [0.05, 0.1) is 0 Å². The van der Waals surface area contributed by atoms with Crippen LogP contribution in [0.4, 0.5) is 0 Å². The van der Waals surface area contributed by atoms with Gasteiger partial charge in [-0.25, -0.2) is 4.79 Å². The minimum Gasteiger partial charge on any atom is -0.478 e. The van der Waals surface area contributed by atoms with Crippen molar-refractivity contribution < 1.29 is 9.90 Å². The average molecular weight is 309 g/mol. The normalized spacial score (nSPS) is 10.6. The first-order valence-corrected chi connectivity index (χ1v) is 4.91. The Labute approximate surface area is 94.4 Å². The van der Waals surface area contributed by atoms with E-state index in [9.17, 15) is 4.79 Å². The summed E-state index contributed by atoms with van der Waals surface area (Å²) in [4.78, 5) is 10.2. The molecule has 0 unspecified atom stereocenters. The highest BCUT2D eigenvalue weighted by Crippen LogP contribution is 2.18. The van der Waals surface area contributed by atoms with E-state index in [4.69, 9.17) is 16.7 Å². The molecule has 1 N–H and O–H groups in total. The van der Waals surface area contributed by atoms with Crippen LogP contribution >= 0.6 is 34.2 Å². The fourth-order valence-corrected chi connectivity index (χ4v) is 1.50. The second kappa shape index (κ2) is 4.62. The third-order valence-electron chi connectivity index (χ3n) is 1.36. The summed E-state index contributed by atoms with van der Waals surface area (Å²) < 4.78 is 0.972. The van der Waals surface area contributed by atoms with Gasteiger partial charge in [0, 0.05) is 14.7 Å². The first-order valence-electron chi connectivity index (χ1n) is 3.45. The molecular weight excluding hydrogens is 302 g/mol. The van der Waals surface area contributed by atoms with Gasteiger partial charge in [-0.2, -0.15) is 0 Å². The number of carboxylic acids is 1. The Hall–Kier alpha value is -0.550. The van der Waals surface area contributed by atoms with Crippen molar-refractivity contribution >= 4 is 46.2 Å². The van der Waals surface area contributed by atoms with Crippen molar-refractivity contribution in [2.24, 2.45) is 0 Å². The summed E-state index contributed by atoms with van der Waals surface area (Å²) in [6, 6.07) is 5.33. The van der Waals surface area contributed by atoms with Gasteiger partial charge < -0.3 is 5.11 Å². The fourth-order valence-electron chi connectivity index (χ4n) is 0.803. The lowest BCUT2D eigenvalue weighted by atomic mass is 10.2. The van der Waals surface area contributed by atoms with Gasteiger partial charge in [-0.3, -0.25) is 0 Å². The third-order valence-corrected chi connectivity index (χ3v) is 2.58. The Balaban J connectivity index is 3.00. The molecule has 4 heteroatoms. The molecule has 0 heterocycles. The number of benzene rings is 1. The zero-order chi connectivity index (χ0) is 9.84. The molecule has 0 aliphatic carbocycles. The van der Waals surface area contributed by atoms with Crippen LogP contribution in [0.5, 0.6) is 0 Å². The summed E-state index contributed by atoms with van der Waals surface area (Å²) in [7, 11) is 0. The maximum absolute atomic E-state index is 10.2. The maximum Gasteiger partial charge on any atom is 0.328 e. The zero-order valence-corrected chi connectivity index (χ0v) is 9.41. The molecule has 68 valence electrons. The van der Waals surface area contributed by atoms with Gasteiger partial charge in [0.15, 0.2) is 0 Å². The number of halogens is 2. The Bertz CT molecular complexity index is 361. The summed E-state index contributed by atoms with van der Waals surface area (Å²) >= 11 is 7.87. The van der Waals surface area contributed by atoms with Crippen molar-refractivity contribution in [1.29, 1.82) is 0 Å². The largest absolute Gasteiger partial charge is 0.478 e. The van der Waals surface area contributed by atoms with Gasteiger partial charge in [0.25, 0.3) is 0 Å². The van der Waals surface area contributed by atoms with Crippen molar-refractivity contribution in [2.75, 3.05) is 0 Å². The predicted molar refractivity (Wildman–Crippen MR) is 60.8 cm³/mol. The van der Waals surface area contributed by atoms with E-state index in [0.717, 1.165) is 15.2 Å². The lowest BCUT2D eigenvalue weighted by Crippen LogP contribution is -1.87. The first-order chi connectivity index (χ1) is 6.09. The second-order valence-corrected chi connectivity index (χ2v) is 3.94. The van der Waals surface area contributed by atoms with Crippen LogP contribution < -0.4 is 0 Å². The van der Waals surface area contributed by atoms with E-state index in [1.165, 1.54) is 6.08 Å². The van der Waals surface area contributed by atoms with Crippen LogP contribution in [0.25, 0.3) is 6.08 Å². The van der Waals surface area contributed by atoms with E-state index < -0.39 is 5.97 Å². The zero-order valence-electron chi connectivity index (χ0n) is 6.50. The van der Waals surface area contributed by atoms with E-state index in [1.807, 2.05) is 6.07 Å². The molecule has 2 nitrogen and oxygen atoms in total. The highest BCUT2D eigenvalue weighted by atomic mass is 127. The summed E-state index contributed by atoms with van der Waals surface area (Å²) in [6.45, 7) is 0. The predicted octanol–water partition coefficient (Wildman–Crippen LogP) is 3.04. The monoisotopic (exact) mass is 308 g/mol. The fraction of sp³-hybridized carbons (Fsp3) is 0. The molecule has 1 aromatic rings. The van der Waals surface area contributed by atoms with Crippen LogP contribution in [-0.4, -0.2) is 11.1 Å². The number of carboxylic acid groups (broad SMARTS) is 1. The summed E-state index contributed by atoms with van der Waals surface area (Å²) in [5, 5.41) is 9.02. The molecule has 0 aromatic heterocycles. The van der Waals surface area contributed by atoms with Gasteiger partial charge in [-0.05, 0) is 52.4 Å². The van der Waals surface area contributed by atoms with Gasteiger partial charge in [0.1, 0.15) is 0 Å². The molecule has 0 atom stereocenters. The van der Waals surface area contributed by atoms with E-state index >= 15 is 0 Å². The molecule has 0 aliphatic rings. The van der Waals surface area contributed by atoms with Crippen molar-refractivity contribution in [3.8, 4) is 0 Å². The minimum atomic E-state index is -0.962. The van der Waals surface area contributed by atoms with E-state index in [2.05, 4.69) is 22.6 Å². The second-order valence-electron chi connectivity index (χ2n) is 2.34. The van der Waals surface area contributed by atoms with E-state index in [-0.39, 0.29) is 0 Å². The number of rotatable bonds is 2. The maximum atomic E-state index is 10.2. The van der Waals surface area contributed by atoms with Crippen LogP contribution in [0, 0.1) is 3.57 Å². The van der Waals surface area contributed by atoms with E-state index in [1.54, 1.807) is 12.1 Å². The highest BCUT2D eigenvalue weighted by molar-refractivity contribution is 14.1. The first kappa shape index (κ1) is 10.5. The molecule has 0 fully saturated rings. The highest BCUT2D eigenvalue weighted by Gasteiger charge is 1.97. The SMILES string of the molecule is O=C(O)/C=C/c1cc(Cl)ccc1I. The molecule has 0 aliphatic heterocycles. The van der Waals surface area contributed by atoms with Crippen LogP contribution in [-0.2, 0) is 4.79 Å². The molecule has 1 aromatic carbocycles. The Morgan fingerprint density at radius 2 is 2.23 bits per heavy atom. The van der Waals surface area contributed by atoms with Crippen molar-refractivity contribution in [1.82, 2.24) is 0 Å². The molecule has 0 saturated heterocycles. The number of carbonyl (C=O) groups is 1. The van der Waals surface area contributed by atoms with Crippen LogP contribution in [0.3, 0.4) is 0 Å². The minimum absolute atomic E-state index is 0.602. The molecule has 0 saturated carbocycles. The quantitative estimate of drug-likeness (QED) is 0.673. The lowest BCUT2D eigenvalue weighted by molar-refractivity contribution is -0.131. The van der Waals surface area contributed by atoms with Gasteiger partial charge in [-0.1, -0.05) is 11.6 Å². The topological polar surface area (TPSA) is 37.3 Å². The molecule has 0 amide bonds. The molecular formula is C9H6ClIO2. The van der Waals surface area contributed by atoms with Crippen LogP contribution in [0.1, 0.15) is 5.56 Å². The average Bonchev–Trinajstić information content (AvgIpc) is 2.06. The lowest BCUT2D eigenvalue weighted by Gasteiger charge is -1.97. The molecule has 13 heavy (non-hydrogen) atoms. The molecule has 0 spiro atoms. The third kappa shape index (κ3) is 3.36. The van der Waals surface area contributed by atoms with Gasteiger partial charge in [0.2, 0.25) is 0 Å². The molecule has 0 bridgehead atoms. The summed E-state index contributed by atoms with van der Waals surface area (Å²) in [6.07, 6.45) is 2.61. The number of hydrogen-bond acceptors (Lipinski definition) is 1. The van der Waals surface area contributed by atoms with Crippen molar-refractivity contribution in [3.63, 3.8) is 0 Å². The van der Waals surface area contributed by atoms with Crippen molar-refractivity contribution in [3.05, 3.63) is 38.4 Å². The Kier molecular flexibility index (Phi) is 3.74. The van der Waals surface area contributed by atoms with Gasteiger partial charge >= 0.3 is 5.97 Å². The number of aliphatic carboxylic acids is 1. The van der Waals surface area contributed by atoms with Crippen LogP contribution in [0.2, 0.25) is 5.02 Å². The van der Waals surface area contributed by atoms with Crippen molar-refractivity contribution in [2.45, 2.75) is 0 Å². The smallest absolute Gasteiger partial charge is 0.328 e. The molecule has 0 radical (unpaired) electrons. The summed E-state index contributed by atoms with van der Waals surface area (Å²) in [5.41, 5.74) is 0.815. The van der Waals surface area contributed by atoms with Crippen LogP contribution in [0.15, 0.2) is 24.3 Å². The van der Waals surface area contributed by atoms with Gasteiger partial charge in [-0.15, -0.1) is 0 Å².